The second-order valence-electron chi connectivity index (χ2n) is 4.46. The zero-order valence-electron chi connectivity index (χ0n) is 10.6. The van der Waals surface area contributed by atoms with E-state index in [1.165, 1.54) is 0 Å². The van der Waals surface area contributed by atoms with Gasteiger partial charge in [-0.2, -0.15) is 0 Å². The van der Waals surface area contributed by atoms with Crippen LogP contribution < -0.4 is 15.4 Å². The van der Waals surface area contributed by atoms with E-state index in [1.54, 1.807) is 24.9 Å². The fourth-order valence-corrected chi connectivity index (χ4v) is 2.09. The molecule has 0 aliphatic carbocycles. The van der Waals surface area contributed by atoms with Crippen molar-refractivity contribution in [1.82, 2.24) is 5.16 Å². The molecule has 98 valence electrons. The van der Waals surface area contributed by atoms with Crippen molar-refractivity contribution in [2.24, 2.45) is 0 Å². The van der Waals surface area contributed by atoms with E-state index in [0.717, 1.165) is 5.56 Å². The van der Waals surface area contributed by atoms with Crippen LogP contribution in [0.25, 0.3) is 11.3 Å². The molecular formula is C13H13N3O3. The molecule has 0 bridgehead atoms. The van der Waals surface area contributed by atoms with Gasteiger partial charge in [0, 0.05) is 18.7 Å². The van der Waals surface area contributed by atoms with Crippen LogP contribution in [0.15, 0.2) is 28.8 Å². The molecule has 0 saturated carbocycles. The zero-order valence-corrected chi connectivity index (χ0v) is 10.6. The summed E-state index contributed by atoms with van der Waals surface area (Å²) in [4.78, 5) is 13.5. The molecule has 2 N–H and O–H groups in total. The molecule has 1 aromatic carbocycles. The van der Waals surface area contributed by atoms with Gasteiger partial charge in [0.15, 0.2) is 17.7 Å². The summed E-state index contributed by atoms with van der Waals surface area (Å²) in [6.45, 7) is 1.73. The maximum atomic E-state index is 11.9. The molecule has 1 aliphatic rings. The molecule has 0 fully saturated rings. The minimum Gasteiger partial charge on any atom is -0.479 e. The van der Waals surface area contributed by atoms with Crippen LogP contribution in [0.4, 0.5) is 11.5 Å². The lowest BCUT2D eigenvalue weighted by molar-refractivity contribution is -0.125. The molecule has 1 unspecified atom stereocenters. The first-order valence-corrected chi connectivity index (χ1v) is 5.87. The molecule has 1 aliphatic heterocycles. The number of carbonyl (C=O) groups excluding carboxylic acids is 1. The summed E-state index contributed by atoms with van der Waals surface area (Å²) in [5.74, 6) is 1.47. The monoisotopic (exact) mass is 259 g/mol. The second kappa shape index (κ2) is 4.01. The maximum absolute atomic E-state index is 11.9. The Hall–Kier alpha value is -2.50. The fraction of sp³-hybridized carbons (Fsp3) is 0.231. The van der Waals surface area contributed by atoms with Gasteiger partial charge in [0.05, 0.1) is 5.69 Å². The maximum Gasteiger partial charge on any atom is 0.267 e. The van der Waals surface area contributed by atoms with Gasteiger partial charge in [0.25, 0.3) is 5.91 Å². The standard InChI is InChI=1S/C13H13N3O3/c1-7-13(17)16(2)9-5-8(3-4-10(9)18-7)11-6-12(14)15-19-11/h3-7H,1-2H3,(H2,14,15). The second-order valence-corrected chi connectivity index (χ2v) is 4.46. The Labute approximate surface area is 109 Å². The van der Waals surface area contributed by atoms with Gasteiger partial charge < -0.3 is 19.9 Å². The van der Waals surface area contributed by atoms with Crippen LogP contribution in [-0.2, 0) is 4.79 Å². The van der Waals surface area contributed by atoms with E-state index >= 15 is 0 Å². The number of anilines is 2. The van der Waals surface area contributed by atoms with E-state index < -0.39 is 6.10 Å². The summed E-state index contributed by atoms with van der Waals surface area (Å²) in [5.41, 5.74) is 7.02. The smallest absolute Gasteiger partial charge is 0.267 e. The van der Waals surface area contributed by atoms with Crippen molar-refractivity contribution >= 4 is 17.4 Å². The Morgan fingerprint density at radius 3 is 2.84 bits per heavy atom. The van der Waals surface area contributed by atoms with Gasteiger partial charge >= 0.3 is 0 Å². The zero-order chi connectivity index (χ0) is 13.6. The average Bonchev–Trinajstić information content (AvgIpc) is 2.83. The minimum atomic E-state index is -0.468. The quantitative estimate of drug-likeness (QED) is 0.842. The number of likely N-dealkylation sites (N-methyl/N-ethyl adjacent to an activating group) is 1. The first-order valence-electron chi connectivity index (χ1n) is 5.87. The van der Waals surface area contributed by atoms with Gasteiger partial charge in [-0.25, -0.2) is 0 Å². The van der Waals surface area contributed by atoms with Gasteiger partial charge in [-0.15, -0.1) is 0 Å². The van der Waals surface area contributed by atoms with E-state index in [1.807, 2.05) is 18.2 Å². The number of rotatable bonds is 1. The third-order valence-electron chi connectivity index (χ3n) is 3.12. The van der Waals surface area contributed by atoms with Crippen molar-refractivity contribution < 1.29 is 14.1 Å². The summed E-state index contributed by atoms with van der Waals surface area (Å²) < 4.78 is 10.7. The van der Waals surface area contributed by atoms with Crippen molar-refractivity contribution in [1.29, 1.82) is 0 Å². The Morgan fingerprint density at radius 1 is 1.37 bits per heavy atom. The Balaban J connectivity index is 2.07. The van der Waals surface area contributed by atoms with Crippen LogP contribution in [0.2, 0.25) is 0 Å². The molecule has 6 heteroatoms. The number of aromatic nitrogens is 1. The number of carbonyl (C=O) groups is 1. The molecule has 3 rings (SSSR count). The Kier molecular flexibility index (Phi) is 2.45. The lowest BCUT2D eigenvalue weighted by Crippen LogP contribution is -2.41. The van der Waals surface area contributed by atoms with Gasteiger partial charge in [-0.1, -0.05) is 5.16 Å². The molecule has 2 heterocycles. The average molecular weight is 259 g/mol. The summed E-state index contributed by atoms with van der Waals surface area (Å²) in [6, 6.07) is 7.10. The normalized spacial score (nSPS) is 18.1. The van der Waals surface area contributed by atoms with Crippen LogP contribution in [-0.4, -0.2) is 24.2 Å². The van der Waals surface area contributed by atoms with Crippen molar-refractivity contribution in [3.8, 4) is 17.1 Å². The number of amides is 1. The molecule has 0 radical (unpaired) electrons. The van der Waals surface area contributed by atoms with Gasteiger partial charge in [0.1, 0.15) is 5.75 Å². The number of hydrogen-bond acceptors (Lipinski definition) is 5. The summed E-state index contributed by atoms with van der Waals surface area (Å²) in [5, 5.41) is 3.64. The van der Waals surface area contributed by atoms with Crippen LogP contribution in [0, 0.1) is 0 Å². The third kappa shape index (κ3) is 1.81. The number of benzene rings is 1. The van der Waals surface area contributed by atoms with Crippen LogP contribution >= 0.6 is 0 Å². The number of nitrogens with zero attached hydrogens (tertiary/aromatic N) is 2. The molecular weight excluding hydrogens is 246 g/mol. The molecule has 1 amide bonds. The molecule has 1 atom stereocenters. The first kappa shape index (κ1) is 11.6. The number of ether oxygens (including phenoxy) is 1. The van der Waals surface area contributed by atoms with E-state index in [4.69, 9.17) is 15.0 Å². The number of hydrogen-bond donors (Lipinski definition) is 1. The highest BCUT2D eigenvalue weighted by molar-refractivity contribution is 5.99. The van der Waals surface area contributed by atoms with Gasteiger partial charge in [-0.3, -0.25) is 4.79 Å². The van der Waals surface area contributed by atoms with Crippen LogP contribution in [0.1, 0.15) is 6.92 Å². The SMILES string of the molecule is CC1Oc2ccc(-c3cc(N)no3)cc2N(C)C1=O. The van der Waals surface area contributed by atoms with Crippen LogP contribution in [0.3, 0.4) is 0 Å². The molecule has 0 spiro atoms. The van der Waals surface area contributed by atoms with Crippen molar-refractivity contribution in [2.75, 3.05) is 17.7 Å². The summed E-state index contributed by atoms with van der Waals surface area (Å²) in [7, 11) is 1.72. The van der Waals surface area contributed by atoms with Gasteiger partial charge in [0.2, 0.25) is 0 Å². The van der Waals surface area contributed by atoms with E-state index in [9.17, 15) is 4.79 Å². The fourth-order valence-electron chi connectivity index (χ4n) is 2.09. The molecule has 19 heavy (non-hydrogen) atoms. The van der Waals surface area contributed by atoms with E-state index in [2.05, 4.69) is 5.16 Å². The molecule has 0 saturated heterocycles. The van der Waals surface area contributed by atoms with E-state index in [-0.39, 0.29) is 5.91 Å². The first-order chi connectivity index (χ1) is 9.06. The minimum absolute atomic E-state index is 0.0817. The summed E-state index contributed by atoms with van der Waals surface area (Å²) in [6.07, 6.45) is -0.468. The third-order valence-corrected chi connectivity index (χ3v) is 3.12. The number of nitrogens with two attached hydrogens (primary N) is 1. The Bertz CT molecular complexity index is 650. The predicted octanol–water partition coefficient (Wildman–Crippen LogP) is 1.67. The van der Waals surface area contributed by atoms with Crippen molar-refractivity contribution in [2.45, 2.75) is 13.0 Å². The van der Waals surface area contributed by atoms with E-state index in [0.29, 0.717) is 23.0 Å². The molecule has 6 nitrogen and oxygen atoms in total. The topological polar surface area (TPSA) is 81.6 Å². The highest BCUT2D eigenvalue weighted by Gasteiger charge is 2.29. The van der Waals surface area contributed by atoms with Crippen LogP contribution in [0.5, 0.6) is 5.75 Å². The lowest BCUT2D eigenvalue weighted by Gasteiger charge is -2.30. The summed E-state index contributed by atoms with van der Waals surface area (Å²) >= 11 is 0. The number of nitrogen functional groups attached to an aromatic ring is 1. The van der Waals surface area contributed by atoms with Gasteiger partial charge in [-0.05, 0) is 25.1 Å². The highest BCUT2D eigenvalue weighted by atomic mass is 16.5. The largest absolute Gasteiger partial charge is 0.479 e. The molecule has 2 aromatic rings. The van der Waals surface area contributed by atoms with Crippen molar-refractivity contribution in [3.63, 3.8) is 0 Å². The highest BCUT2D eigenvalue weighted by Crippen LogP contribution is 2.36. The Morgan fingerprint density at radius 2 is 2.16 bits per heavy atom. The molecule has 1 aromatic heterocycles. The predicted molar refractivity (Wildman–Crippen MR) is 69.9 cm³/mol. The van der Waals surface area contributed by atoms with Crippen molar-refractivity contribution in [3.05, 3.63) is 24.3 Å². The number of fused-ring (bicyclic) bond motifs is 1. The lowest BCUT2D eigenvalue weighted by atomic mass is 10.1.